The van der Waals surface area contributed by atoms with Crippen molar-refractivity contribution in [3.63, 3.8) is 0 Å². The van der Waals surface area contributed by atoms with Crippen molar-refractivity contribution in [2.24, 2.45) is 0 Å². The second kappa shape index (κ2) is 5.01. The number of benzene rings is 1. The van der Waals surface area contributed by atoms with Gasteiger partial charge in [-0.25, -0.2) is 4.98 Å². The molecule has 1 aromatic carbocycles. The topological polar surface area (TPSA) is 78.0 Å². The zero-order chi connectivity index (χ0) is 13.1. The number of carboxylic acid groups (broad SMARTS) is 1. The molecule has 0 bridgehead atoms. The van der Waals surface area contributed by atoms with E-state index in [1.54, 1.807) is 7.05 Å². The average Bonchev–Trinajstić information content (AvgIpc) is 2.73. The maximum atomic E-state index is 11.1. The predicted molar refractivity (Wildman–Crippen MR) is 68.2 cm³/mol. The number of aromatic amines is 1. The molecule has 0 aliphatic carbocycles. The van der Waals surface area contributed by atoms with Gasteiger partial charge in [0.05, 0.1) is 5.69 Å². The number of aryl methyl sites for hydroxylation is 1. The van der Waals surface area contributed by atoms with Crippen LogP contribution < -0.4 is 5.32 Å². The average molecular weight is 245 g/mol. The van der Waals surface area contributed by atoms with Crippen molar-refractivity contribution in [3.8, 4) is 11.3 Å². The maximum absolute atomic E-state index is 11.1. The molecule has 1 heterocycles. The summed E-state index contributed by atoms with van der Waals surface area (Å²) in [6.07, 6.45) is 0. The molecule has 18 heavy (non-hydrogen) atoms. The van der Waals surface area contributed by atoms with Crippen LogP contribution in [0.2, 0.25) is 0 Å². The van der Waals surface area contributed by atoms with E-state index in [4.69, 9.17) is 5.11 Å². The second-order valence-corrected chi connectivity index (χ2v) is 4.02. The van der Waals surface area contributed by atoms with Gasteiger partial charge < -0.3 is 15.4 Å². The van der Waals surface area contributed by atoms with Gasteiger partial charge in [-0.15, -0.1) is 0 Å². The van der Waals surface area contributed by atoms with Crippen LogP contribution in [-0.2, 0) is 4.79 Å². The van der Waals surface area contributed by atoms with Crippen LogP contribution in [0.4, 0.5) is 0 Å². The first-order valence-electron chi connectivity index (χ1n) is 5.65. The number of H-pyrrole nitrogens is 1. The zero-order valence-corrected chi connectivity index (χ0v) is 10.3. The molecule has 1 atom stereocenters. The first-order valence-corrected chi connectivity index (χ1v) is 5.65. The van der Waals surface area contributed by atoms with Gasteiger partial charge in [-0.05, 0) is 14.0 Å². The molecule has 5 heteroatoms. The molecule has 2 aromatic rings. The molecule has 1 unspecified atom stereocenters. The van der Waals surface area contributed by atoms with Crippen LogP contribution >= 0.6 is 0 Å². The number of carbonyl (C=O) groups is 1. The summed E-state index contributed by atoms with van der Waals surface area (Å²) in [4.78, 5) is 18.5. The fourth-order valence-corrected chi connectivity index (χ4v) is 1.87. The van der Waals surface area contributed by atoms with Gasteiger partial charge in [-0.3, -0.25) is 4.79 Å². The Labute approximate surface area is 105 Å². The zero-order valence-electron chi connectivity index (χ0n) is 10.3. The molecule has 1 aromatic heterocycles. The lowest BCUT2D eigenvalue weighted by molar-refractivity contribution is -0.139. The number of likely N-dealkylation sites (N-methyl/N-ethyl adjacent to an activating group) is 1. The number of rotatable bonds is 4. The number of hydrogen-bond donors (Lipinski definition) is 3. The molecule has 0 aliphatic rings. The van der Waals surface area contributed by atoms with Gasteiger partial charge in [0.2, 0.25) is 0 Å². The predicted octanol–water partition coefficient (Wildman–Crippen LogP) is 1.73. The number of aliphatic carboxylic acids is 1. The molecule has 0 aliphatic heterocycles. The van der Waals surface area contributed by atoms with Crippen molar-refractivity contribution in [1.29, 1.82) is 0 Å². The number of nitrogens with one attached hydrogen (secondary N) is 2. The lowest BCUT2D eigenvalue weighted by Crippen LogP contribution is -2.26. The van der Waals surface area contributed by atoms with Crippen molar-refractivity contribution < 1.29 is 9.90 Å². The molecule has 2 rings (SSSR count). The van der Waals surface area contributed by atoms with Crippen LogP contribution in [0.5, 0.6) is 0 Å². The minimum absolute atomic E-state index is 0.418. The van der Waals surface area contributed by atoms with Crippen molar-refractivity contribution >= 4 is 5.97 Å². The van der Waals surface area contributed by atoms with E-state index in [-0.39, 0.29) is 0 Å². The third kappa shape index (κ3) is 2.26. The van der Waals surface area contributed by atoms with Crippen molar-refractivity contribution in [2.45, 2.75) is 13.0 Å². The molecule has 0 spiro atoms. The molecule has 0 fully saturated rings. The van der Waals surface area contributed by atoms with Crippen molar-refractivity contribution in [1.82, 2.24) is 15.3 Å². The quantitative estimate of drug-likeness (QED) is 0.766. The standard InChI is InChI=1S/C13H15N3O2/c1-8-10(9-6-4-3-5-7-9)16-12(15-8)11(14-2)13(17)18/h3-7,11,14H,1-2H3,(H,15,16)(H,17,18). The van der Waals surface area contributed by atoms with Crippen LogP contribution in [0.15, 0.2) is 30.3 Å². The van der Waals surface area contributed by atoms with E-state index in [0.717, 1.165) is 17.0 Å². The van der Waals surface area contributed by atoms with E-state index >= 15 is 0 Å². The highest BCUT2D eigenvalue weighted by atomic mass is 16.4. The van der Waals surface area contributed by atoms with Crippen LogP contribution in [-0.4, -0.2) is 28.1 Å². The second-order valence-electron chi connectivity index (χ2n) is 4.02. The fraction of sp³-hybridized carbons (Fsp3) is 0.231. The summed E-state index contributed by atoms with van der Waals surface area (Å²) in [5.41, 5.74) is 2.61. The van der Waals surface area contributed by atoms with E-state index in [0.29, 0.717) is 5.82 Å². The van der Waals surface area contributed by atoms with Gasteiger partial charge in [0.25, 0.3) is 0 Å². The van der Waals surface area contributed by atoms with Gasteiger partial charge in [0, 0.05) is 11.3 Å². The number of nitrogens with zero attached hydrogens (tertiary/aromatic N) is 1. The van der Waals surface area contributed by atoms with Gasteiger partial charge in [0.1, 0.15) is 5.82 Å². The maximum Gasteiger partial charge on any atom is 0.328 e. The Hall–Kier alpha value is -2.14. The van der Waals surface area contributed by atoms with Crippen LogP contribution in [0.25, 0.3) is 11.3 Å². The van der Waals surface area contributed by atoms with E-state index in [1.165, 1.54) is 0 Å². The van der Waals surface area contributed by atoms with Crippen LogP contribution in [0.1, 0.15) is 17.6 Å². The van der Waals surface area contributed by atoms with E-state index < -0.39 is 12.0 Å². The Bertz CT molecular complexity index is 549. The molecule has 5 nitrogen and oxygen atoms in total. The van der Waals surface area contributed by atoms with Gasteiger partial charge >= 0.3 is 5.97 Å². The Kier molecular flexibility index (Phi) is 3.43. The number of imidazole rings is 1. The molecule has 0 radical (unpaired) electrons. The smallest absolute Gasteiger partial charge is 0.328 e. The minimum Gasteiger partial charge on any atom is -0.480 e. The fourth-order valence-electron chi connectivity index (χ4n) is 1.87. The summed E-state index contributed by atoms with van der Waals surface area (Å²) in [6.45, 7) is 1.88. The van der Waals surface area contributed by atoms with Gasteiger partial charge in [-0.1, -0.05) is 30.3 Å². The van der Waals surface area contributed by atoms with Gasteiger partial charge in [0.15, 0.2) is 6.04 Å². The third-order valence-corrected chi connectivity index (χ3v) is 2.76. The number of carboxylic acids is 1. The summed E-state index contributed by atoms with van der Waals surface area (Å²) < 4.78 is 0. The summed E-state index contributed by atoms with van der Waals surface area (Å²) in [7, 11) is 1.60. The lowest BCUT2D eigenvalue weighted by atomic mass is 10.1. The first kappa shape index (κ1) is 12.3. The Morgan fingerprint density at radius 3 is 2.61 bits per heavy atom. The van der Waals surface area contributed by atoms with Crippen molar-refractivity contribution in [3.05, 3.63) is 41.9 Å². The molecule has 94 valence electrons. The summed E-state index contributed by atoms with van der Waals surface area (Å²) in [5.74, 6) is -0.535. The Balaban J connectivity index is 2.41. The number of aromatic nitrogens is 2. The Morgan fingerprint density at radius 1 is 1.39 bits per heavy atom. The summed E-state index contributed by atoms with van der Waals surface area (Å²) >= 11 is 0. The lowest BCUT2D eigenvalue weighted by Gasteiger charge is -2.06. The largest absolute Gasteiger partial charge is 0.480 e. The van der Waals surface area contributed by atoms with Crippen LogP contribution in [0, 0.1) is 6.92 Å². The minimum atomic E-state index is -0.953. The summed E-state index contributed by atoms with van der Waals surface area (Å²) in [5, 5.41) is 11.8. The monoisotopic (exact) mass is 245 g/mol. The number of hydrogen-bond acceptors (Lipinski definition) is 3. The molecular formula is C13H15N3O2. The molecule has 0 amide bonds. The molecular weight excluding hydrogens is 230 g/mol. The van der Waals surface area contributed by atoms with E-state index in [2.05, 4.69) is 15.3 Å². The van der Waals surface area contributed by atoms with Crippen molar-refractivity contribution in [2.75, 3.05) is 7.05 Å². The highest BCUT2D eigenvalue weighted by molar-refractivity contribution is 5.75. The Morgan fingerprint density at radius 2 is 2.06 bits per heavy atom. The van der Waals surface area contributed by atoms with E-state index in [1.807, 2.05) is 37.3 Å². The summed E-state index contributed by atoms with van der Waals surface area (Å²) in [6, 6.07) is 8.86. The highest BCUT2D eigenvalue weighted by Gasteiger charge is 2.22. The first-order chi connectivity index (χ1) is 8.63. The highest BCUT2D eigenvalue weighted by Crippen LogP contribution is 2.22. The molecule has 0 saturated heterocycles. The molecule has 3 N–H and O–H groups in total. The van der Waals surface area contributed by atoms with Gasteiger partial charge in [-0.2, -0.15) is 0 Å². The third-order valence-electron chi connectivity index (χ3n) is 2.76. The normalized spacial score (nSPS) is 12.3. The SMILES string of the molecule is CNC(C(=O)O)c1nc(-c2ccccc2)c(C)[nH]1. The van der Waals surface area contributed by atoms with Crippen LogP contribution in [0.3, 0.4) is 0 Å². The molecule has 0 saturated carbocycles. The van der Waals surface area contributed by atoms with E-state index in [9.17, 15) is 4.79 Å².